The van der Waals surface area contributed by atoms with Gasteiger partial charge < -0.3 is 19.9 Å². The van der Waals surface area contributed by atoms with Crippen LogP contribution in [0.4, 0.5) is 10.1 Å². The maximum absolute atomic E-state index is 14.7. The minimum absolute atomic E-state index is 0.0445. The van der Waals surface area contributed by atoms with Gasteiger partial charge in [0.2, 0.25) is 0 Å². The molecule has 2 aliphatic carbocycles. The van der Waals surface area contributed by atoms with Crippen molar-refractivity contribution in [1.82, 2.24) is 31.3 Å². The summed E-state index contributed by atoms with van der Waals surface area (Å²) < 4.78 is 20.7. The number of hydrogen-bond acceptors (Lipinski definition) is 8. The number of nitrogens with one attached hydrogen (secondary N) is 4. The Balaban J connectivity index is 1.13. The van der Waals surface area contributed by atoms with Crippen LogP contribution in [0.5, 0.6) is 0 Å². The first-order valence-corrected chi connectivity index (χ1v) is 11.6. The highest BCUT2D eigenvalue weighted by molar-refractivity contribution is 6.00. The van der Waals surface area contributed by atoms with E-state index in [1.165, 1.54) is 0 Å². The topological polar surface area (TPSA) is 92.8 Å². The molecule has 3 aliphatic heterocycles. The van der Waals surface area contributed by atoms with Gasteiger partial charge in [-0.15, -0.1) is 0 Å². The summed E-state index contributed by atoms with van der Waals surface area (Å²) in [5.41, 5.74) is 8.71. The van der Waals surface area contributed by atoms with Crippen LogP contribution < -0.4 is 21.1 Å². The zero-order chi connectivity index (χ0) is 21.7. The van der Waals surface area contributed by atoms with Crippen molar-refractivity contribution in [2.75, 3.05) is 37.7 Å². The van der Waals surface area contributed by atoms with Gasteiger partial charge in [0.15, 0.2) is 0 Å². The molecule has 0 aromatic carbocycles. The Morgan fingerprint density at radius 1 is 1.12 bits per heavy atom. The van der Waals surface area contributed by atoms with Crippen LogP contribution in [0.15, 0.2) is 40.9 Å². The van der Waals surface area contributed by atoms with E-state index in [2.05, 4.69) is 49.2 Å². The molecule has 1 saturated carbocycles. The standard InChI is InChI=1S/C22H31FN8O/c1-22(2-3-22)32-19-8-15-17(9-16(19)23)28-29-21(15)18-10-20(25-13-24-18)31-6-4-30(5-7-31)14-11-26-27-12-14/h10-12,15,17,21,25,28-29H,2-9,13H2,1H3,(H,26,27)/t15-,17+,21?/m0/s1. The molecular weight excluding hydrogens is 411 g/mol. The molecule has 6 rings (SSSR count). The molecule has 2 saturated heterocycles. The number of aromatic nitrogens is 2. The minimum atomic E-state index is -0.160. The van der Waals surface area contributed by atoms with E-state index in [1.807, 2.05) is 12.4 Å². The van der Waals surface area contributed by atoms with Crippen molar-refractivity contribution in [3.8, 4) is 0 Å². The van der Waals surface area contributed by atoms with Crippen molar-refractivity contribution < 1.29 is 9.13 Å². The van der Waals surface area contributed by atoms with Crippen LogP contribution in [0.2, 0.25) is 0 Å². The van der Waals surface area contributed by atoms with E-state index in [0.717, 1.165) is 56.2 Å². The third-order valence-corrected chi connectivity index (χ3v) is 7.41. The minimum Gasteiger partial charge on any atom is -0.489 e. The molecule has 1 aromatic rings. The zero-order valence-corrected chi connectivity index (χ0v) is 18.4. The van der Waals surface area contributed by atoms with E-state index in [4.69, 9.17) is 9.73 Å². The molecule has 4 N–H and O–H groups in total. The highest BCUT2D eigenvalue weighted by atomic mass is 19.1. The van der Waals surface area contributed by atoms with Crippen molar-refractivity contribution in [2.24, 2.45) is 10.9 Å². The molecule has 172 valence electrons. The fourth-order valence-corrected chi connectivity index (χ4v) is 5.17. The van der Waals surface area contributed by atoms with Crippen LogP contribution >= 0.6 is 0 Å². The number of piperazine rings is 1. The van der Waals surface area contributed by atoms with E-state index in [-0.39, 0.29) is 29.4 Å². The summed E-state index contributed by atoms with van der Waals surface area (Å²) in [7, 11) is 0. The number of H-pyrrole nitrogens is 1. The Morgan fingerprint density at radius 2 is 1.94 bits per heavy atom. The molecule has 3 atom stereocenters. The number of ether oxygens (including phenoxy) is 1. The number of hydrogen-bond donors (Lipinski definition) is 4. The summed E-state index contributed by atoms with van der Waals surface area (Å²) in [4.78, 5) is 9.49. The summed E-state index contributed by atoms with van der Waals surface area (Å²) in [6.45, 7) is 6.39. The maximum atomic E-state index is 14.7. The largest absolute Gasteiger partial charge is 0.489 e. The number of hydrazine groups is 1. The molecule has 0 bridgehead atoms. The molecule has 5 aliphatic rings. The van der Waals surface area contributed by atoms with Gasteiger partial charge in [0.05, 0.1) is 23.6 Å². The Labute approximate surface area is 187 Å². The van der Waals surface area contributed by atoms with Gasteiger partial charge in [0.25, 0.3) is 0 Å². The predicted molar refractivity (Wildman–Crippen MR) is 119 cm³/mol. The summed E-state index contributed by atoms with van der Waals surface area (Å²) in [5, 5.41) is 10.4. The van der Waals surface area contributed by atoms with Gasteiger partial charge >= 0.3 is 0 Å². The summed E-state index contributed by atoms with van der Waals surface area (Å²) in [5.74, 6) is 1.79. The second kappa shape index (κ2) is 7.77. The smallest absolute Gasteiger partial charge is 0.139 e. The Hall–Kier alpha value is -2.59. The molecule has 32 heavy (non-hydrogen) atoms. The highest BCUT2D eigenvalue weighted by Crippen LogP contribution is 2.45. The van der Waals surface area contributed by atoms with Gasteiger partial charge in [-0.3, -0.25) is 15.5 Å². The SMILES string of the molecule is CC1(OC2=C(F)C[C@H]3NNC(C4=NCNC(N5CCN(c6cn[nH]c6)CC5)=C4)[C@H]3C2)CC1. The molecule has 0 amide bonds. The van der Waals surface area contributed by atoms with E-state index < -0.39 is 0 Å². The van der Waals surface area contributed by atoms with Crippen molar-refractivity contribution in [3.63, 3.8) is 0 Å². The van der Waals surface area contributed by atoms with Crippen molar-refractivity contribution in [2.45, 2.75) is 50.3 Å². The van der Waals surface area contributed by atoms with Crippen LogP contribution in [-0.2, 0) is 4.74 Å². The number of rotatable bonds is 5. The third-order valence-electron chi connectivity index (χ3n) is 7.41. The molecule has 3 fully saturated rings. The first-order valence-electron chi connectivity index (χ1n) is 11.6. The van der Waals surface area contributed by atoms with Gasteiger partial charge in [-0.05, 0) is 19.8 Å². The van der Waals surface area contributed by atoms with Crippen LogP contribution in [0.1, 0.15) is 32.6 Å². The lowest BCUT2D eigenvalue weighted by molar-refractivity contribution is 0.0810. The average molecular weight is 443 g/mol. The molecule has 1 aromatic heterocycles. The second-order valence-electron chi connectivity index (χ2n) is 9.70. The number of fused-ring (bicyclic) bond motifs is 1. The van der Waals surface area contributed by atoms with Gasteiger partial charge in [-0.25, -0.2) is 9.82 Å². The highest BCUT2D eigenvalue weighted by Gasteiger charge is 2.47. The molecule has 1 unspecified atom stereocenters. The fourth-order valence-electron chi connectivity index (χ4n) is 5.17. The second-order valence-corrected chi connectivity index (χ2v) is 9.70. The van der Waals surface area contributed by atoms with Crippen molar-refractivity contribution in [1.29, 1.82) is 0 Å². The van der Waals surface area contributed by atoms with Gasteiger partial charge in [0.1, 0.15) is 29.7 Å². The molecule has 9 nitrogen and oxygen atoms in total. The van der Waals surface area contributed by atoms with E-state index in [9.17, 15) is 4.39 Å². The monoisotopic (exact) mass is 442 g/mol. The molecule has 10 heteroatoms. The Morgan fingerprint density at radius 3 is 2.69 bits per heavy atom. The average Bonchev–Trinajstić information content (AvgIpc) is 3.20. The number of allylic oxidation sites excluding steroid dienone is 1. The van der Waals surface area contributed by atoms with Gasteiger partial charge in [-0.1, -0.05) is 0 Å². The number of anilines is 1. The Kier molecular flexibility index (Phi) is 4.87. The summed E-state index contributed by atoms with van der Waals surface area (Å²) in [6.07, 6.45) is 8.98. The van der Waals surface area contributed by atoms with Gasteiger partial charge in [-0.2, -0.15) is 5.10 Å². The van der Waals surface area contributed by atoms with E-state index in [0.29, 0.717) is 25.3 Å². The normalized spacial score (nSPS) is 31.6. The van der Waals surface area contributed by atoms with Crippen LogP contribution in [-0.4, -0.2) is 71.3 Å². The van der Waals surface area contributed by atoms with Crippen LogP contribution in [0.25, 0.3) is 0 Å². The van der Waals surface area contributed by atoms with Crippen LogP contribution in [0.3, 0.4) is 0 Å². The van der Waals surface area contributed by atoms with Crippen molar-refractivity contribution >= 4 is 11.4 Å². The number of aliphatic imine (C=N–C) groups is 1. The molecule has 0 radical (unpaired) electrons. The third kappa shape index (κ3) is 3.75. The van der Waals surface area contributed by atoms with E-state index >= 15 is 0 Å². The quantitative estimate of drug-likeness (QED) is 0.548. The first-order chi connectivity index (χ1) is 15.6. The van der Waals surface area contributed by atoms with Gasteiger partial charge in [0, 0.05) is 63.3 Å². The lowest BCUT2D eigenvalue weighted by Crippen LogP contribution is -2.49. The number of nitrogens with zero attached hydrogens (tertiary/aromatic N) is 4. The molecule has 4 heterocycles. The van der Waals surface area contributed by atoms with E-state index in [1.54, 1.807) is 0 Å². The van der Waals surface area contributed by atoms with Crippen molar-refractivity contribution in [3.05, 3.63) is 35.9 Å². The number of aromatic amines is 1. The number of halogens is 1. The zero-order valence-electron chi connectivity index (χ0n) is 18.4. The molecule has 0 spiro atoms. The predicted octanol–water partition coefficient (Wildman–Crippen LogP) is 1.38. The van der Waals surface area contributed by atoms with Crippen LogP contribution in [0, 0.1) is 5.92 Å². The molecular formula is C22H31FN8O. The Bertz CT molecular complexity index is 945. The fraction of sp³-hybridized carbons (Fsp3) is 0.636. The lowest BCUT2D eigenvalue weighted by atomic mass is 9.82. The maximum Gasteiger partial charge on any atom is 0.139 e. The summed E-state index contributed by atoms with van der Waals surface area (Å²) in [6, 6.07) is 0.107. The first kappa shape index (κ1) is 20.0. The lowest BCUT2D eigenvalue weighted by Gasteiger charge is -2.39. The summed E-state index contributed by atoms with van der Waals surface area (Å²) >= 11 is 0.